The highest BCUT2D eigenvalue weighted by Gasteiger charge is 2.21. The number of nitrogens with zero attached hydrogens (tertiary/aromatic N) is 4. The predicted octanol–water partition coefficient (Wildman–Crippen LogP) is 2.45. The third-order valence-electron chi connectivity index (χ3n) is 4.25. The predicted molar refractivity (Wildman–Crippen MR) is 90.4 cm³/mol. The highest BCUT2D eigenvalue weighted by molar-refractivity contribution is 5.92. The molecule has 0 aliphatic heterocycles. The minimum Gasteiger partial charge on any atom is -0.350 e. The van der Waals surface area contributed by atoms with Crippen LogP contribution in [0.2, 0.25) is 0 Å². The number of carbonyl (C=O) groups is 1. The fourth-order valence-corrected chi connectivity index (χ4v) is 2.71. The molecule has 0 bridgehead atoms. The van der Waals surface area contributed by atoms with E-state index in [0.29, 0.717) is 24.1 Å². The number of aryl methyl sites for hydroxylation is 2. The zero-order chi connectivity index (χ0) is 17.1. The molecule has 2 heterocycles. The van der Waals surface area contributed by atoms with E-state index in [-0.39, 0.29) is 11.8 Å². The van der Waals surface area contributed by atoms with Gasteiger partial charge in [0.2, 0.25) is 0 Å². The summed E-state index contributed by atoms with van der Waals surface area (Å²) in [5, 5.41) is 11.7. The SMILES string of the molecule is CC(C)c1cc(C(=O)NC[C@@H](c2ccnn2C)C(C)C)n(C)n1. The van der Waals surface area contributed by atoms with Gasteiger partial charge >= 0.3 is 0 Å². The Balaban J connectivity index is 2.09. The first-order chi connectivity index (χ1) is 10.8. The molecule has 6 nitrogen and oxygen atoms in total. The van der Waals surface area contributed by atoms with Crippen LogP contribution in [-0.4, -0.2) is 32.0 Å². The van der Waals surface area contributed by atoms with E-state index in [0.717, 1.165) is 11.4 Å². The van der Waals surface area contributed by atoms with Gasteiger partial charge in [0, 0.05) is 38.4 Å². The molecular formula is C17H27N5O. The molecule has 0 unspecified atom stereocenters. The van der Waals surface area contributed by atoms with Gasteiger partial charge in [-0.25, -0.2) is 0 Å². The Bertz CT molecular complexity index is 668. The highest BCUT2D eigenvalue weighted by Crippen LogP contribution is 2.23. The second-order valence-corrected chi connectivity index (χ2v) is 6.67. The lowest BCUT2D eigenvalue weighted by Crippen LogP contribution is -2.32. The van der Waals surface area contributed by atoms with Crippen molar-refractivity contribution in [3.05, 3.63) is 35.4 Å². The van der Waals surface area contributed by atoms with E-state index in [1.807, 2.05) is 30.9 Å². The van der Waals surface area contributed by atoms with Crippen LogP contribution >= 0.6 is 0 Å². The van der Waals surface area contributed by atoms with Crippen LogP contribution in [0.4, 0.5) is 0 Å². The zero-order valence-electron chi connectivity index (χ0n) is 14.9. The van der Waals surface area contributed by atoms with Crippen LogP contribution in [0.25, 0.3) is 0 Å². The molecule has 1 N–H and O–H groups in total. The molecule has 0 spiro atoms. The van der Waals surface area contributed by atoms with Gasteiger partial charge in [0.25, 0.3) is 5.91 Å². The molecule has 2 aromatic rings. The van der Waals surface area contributed by atoms with E-state index in [1.165, 1.54) is 0 Å². The molecule has 0 saturated carbocycles. The molecule has 126 valence electrons. The number of hydrogen-bond acceptors (Lipinski definition) is 3. The Hall–Kier alpha value is -2.11. The van der Waals surface area contributed by atoms with Crippen molar-refractivity contribution in [1.29, 1.82) is 0 Å². The van der Waals surface area contributed by atoms with Crippen molar-refractivity contribution < 1.29 is 4.79 Å². The van der Waals surface area contributed by atoms with E-state index < -0.39 is 0 Å². The van der Waals surface area contributed by atoms with Gasteiger partial charge in [-0.1, -0.05) is 27.7 Å². The third kappa shape index (κ3) is 3.81. The number of nitrogens with one attached hydrogen (secondary N) is 1. The molecule has 0 aromatic carbocycles. The third-order valence-corrected chi connectivity index (χ3v) is 4.25. The Morgan fingerprint density at radius 3 is 2.39 bits per heavy atom. The summed E-state index contributed by atoms with van der Waals surface area (Å²) in [6.45, 7) is 9.04. The minimum atomic E-state index is -0.0836. The van der Waals surface area contributed by atoms with Gasteiger partial charge in [0.05, 0.1) is 5.69 Å². The van der Waals surface area contributed by atoms with Gasteiger partial charge in [-0.05, 0) is 24.0 Å². The highest BCUT2D eigenvalue weighted by atomic mass is 16.2. The van der Waals surface area contributed by atoms with Crippen LogP contribution in [0.15, 0.2) is 18.3 Å². The largest absolute Gasteiger partial charge is 0.350 e. The van der Waals surface area contributed by atoms with E-state index in [1.54, 1.807) is 10.9 Å². The maximum Gasteiger partial charge on any atom is 0.269 e. The first kappa shape index (κ1) is 17.2. The number of hydrogen-bond donors (Lipinski definition) is 1. The van der Waals surface area contributed by atoms with Crippen LogP contribution in [-0.2, 0) is 14.1 Å². The monoisotopic (exact) mass is 317 g/mol. The topological polar surface area (TPSA) is 64.7 Å². The molecule has 0 radical (unpaired) electrons. The average Bonchev–Trinajstić information content (AvgIpc) is 3.05. The van der Waals surface area contributed by atoms with Crippen molar-refractivity contribution in [2.24, 2.45) is 20.0 Å². The van der Waals surface area contributed by atoms with Crippen LogP contribution < -0.4 is 5.32 Å². The summed E-state index contributed by atoms with van der Waals surface area (Å²) in [5.41, 5.74) is 2.67. The fourth-order valence-electron chi connectivity index (χ4n) is 2.71. The Labute approximate surface area is 137 Å². The van der Waals surface area contributed by atoms with Gasteiger partial charge in [0.15, 0.2) is 0 Å². The Kier molecular flexibility index (Phi) is 5.23. The lowest BCUT2D eigenvalue weighted by Gasteiger charge is -2.21. The van der Waals surface area contributed by atoms with E-state index in [9.17, 15) is 4.79 Å². The maximum absolute atomic E-state index is 12.5. The summed E-state index contributed by atoms with van der Waals surface area (Å²) in [6, 6.07) is 3.88. The average molecular weight is 317 g/mol. The van der Waals surface area contributed by atoms with Crippen molar-refractivity contribution in [1.82, 2.24) is 24.9 Å². The molecule has 2 rings (SSSR count). The summed E-state index contributed by atoms with van der Waals surface area (Å²) in [4.78, 5) is 12.5. The van der Waals surface area contributed by atoms with Crippen molar-refractivity contribution >= 4 is 5.91 Å². The fraction of sp³-hybridized carbons (Fsp3) is 0.588. The van der Waals surface area contributed by atoms with Crippen molar-refractivity contribution in [2.75, 3.05) is 6.54 Å². The van der Waals surface area contributed by atoms with Gasteiger partial charge in [0.1, 0.15) is 5.69 Å². The van der Waals surface area contributed by atoms with Gasteiger partial charge in [-0.15, -0.1) is 0 Å². The first-order valence-corrected chi connectivity index (χ1v) is 8.11. The van der Waals surface area contributed by atoms with Crippen LogP contribution in [0.5, 0.6) is 0 Å². The summed E-state index contributed by atoms with van der Waals surface area (Å²) < 4.78 is 3.52. The molecule has 23 heavy (non-hydrogen) atoms. The van der Waals surface area contributed by atoms with Gasteiger partial charge < -0.3 is 5.32 Å². The van der Waals surface area contributed by atoms with Crippen molar-refractivity contribution in [2.45, 2.75) is 39.5 Å². The Morgan fingerprint density at radius 1 is 1.22 bits per heavy atom. The number of amides is 1. The molecule has 0 saturated heterocycles. The molecule has 0 aliphatic carbocycles. The summed E-state index contributed by atoms with van der Waals surface area (Å²) in [5.74, 6) is 0.855. The quantitative estimate of drug-likeness (QED) is 0.890. The Morgan fingerprint density at radius 2 is 1.91 bits per heavy atom. The van der Waals surface area contributed by atoms with E-state index in [4.69, 9.17) is 0 Å². The maximum atomic E-state index is 12.5. The summed E-state index contributed by atoms with van der Waals surface area (Å²) in [6.07, 6.45) is 1.79. The second kappa shape index (κ2) is 6.98. The van der Waals surface area contributed by atoms with Crippen LogP contribution in [0.1, 0.15) is 61.4 Å². The van der Waals surface area contributed by atoms with E-state index in [2.05, 4.69) is 43.2 Å². The molecule has 0 aliphatic rings. The molecule has 0 fully saturated rings. The van der Waals surface area contributed by atoms with Crippen LogP contribution in [0.3, 0.4) is 0 Å². The van der Waals surface area contributed by atoms with Crippen molar-refractivity contribution in [3.8, 4) is 0 Å². The standard InChI is InChI=1S/C17H27N5O/c1-11(2)13(15-7-8-19-21(15)5)10-18-17(23)16-9-14(12(3)4)20-22(16)6/h7-9,11-13H,10H2,1-6H3,(H,18,23)/t13-/m1/s1. The molecule has 1 amide bonds. The van der Waals surface area contributed by atoms with Crippen LogP contribution in [0, 0.1) is 5.92 Å². The van der Waals surface area contributed by atoms with Crippen molar-refractivity contribution in [3.63, 3.8) is 0 Å². The normalized spacial score (nSPS) is 12.9. The summed E-state index contributed by atoms with van der Waals surface area (Å²) in [7, 11) is 3.74. The summed E-state index contributed by atoms with van der Waals surface area (Å²) >= 11 is 0. The van der Waals surface area contributed by atoms with Gasteiger partial charge in [-0.3, -0.25) is 14.2 Å². The first-order valence-electron chi connectivity index (χ1n) is 8.11. The zero-order valence-corrected chi connectivity index (χ0v) is 14.9. The lowest BCUT2D eigenvalue weighted by atomic mass is 9.92. The van der Waals surface area contributed by atoms with Gasteiger partial charge in [-0.2, -0.15) is 10.2 Å². The smallest absolute Gasteiger partial charge is 0.269 e. The lowest BCUT2D eigenvalue weighted by molar-refractivity contribution is 0.0939. The second-order valence-electron chi connectivity index (χ2n) is 6.67. The molecule has 2 aromatic heterocycles. The molecule has 6 heteroatoms. The number of carbonyl (C=O) groups excluding carboxylic acids is 1. The number of rotatable bonds is 6. The number of aromatic nitrogens is 4. The van der Waals surface area contributed by atoms with E-state index >= 15 is 0 Å². The molecular weight excluding hydrogens is 290 g/mol. The molecule has 1 atom stereocenters. The minimum absolute atomic E-state index is 0.0836.